The van der Waals surface area contributed by atoms with Crippen LogP contribution in [0.5, 0.6) is 5.75 Å². The van der Waals surface area contributed by atoms with Crippen LogP contribution in [0.25, 0.3) is 11.0 Å². The summed E-state index contributed by atoms with van der Waals surface area (Å²) in [5, 5.41) is 3.11. The van der Waals surface area contributed by atoms with E-state index in [9.17, 15) is 9.59 Å². The predicted molar refractivity (Wildman–Crippen MR) is 87.5 cm³/mol. The highest BCUT2D eigenvalue weighted by atomic mass is 35.5. The summed E-state index contributed by atoms with van der Waals surface area (Å²) in [4.78, 5) is 23.9. The molecule has 3 aromatic rings. The number of primary amides is 1. The summed E-state index contributed by atoms with van der Waals surface area (Å²) in [7, 11) is 1.51. The van der Waals surface area contributed by atoms with Crippen molar-refractivity contribution < 1.29 is 23.2 Å². The molecule has 0 saturated heterocycles. The Labute approximate surface area is 141 Å². The normalized spacial score (nSPS) is 10.8. The van der Waals surface area contributed by atoms with Crippen molar-refractivity contribution in [3.8, 4) is 5.75 Å². The van der Waals surface area contributed by atoms with Crippen LogP contribution in [-0.4, -0.2) is 18.9 Å². The van der Waals surface area contributed by atoms with E-state index in [2.05, 4.69) is 5.32 Å². The van der Waals surface area contributed by atoms with Crippen molar-refractivity contribution in [2.24, 2.45) is 5.73 Å². The molecule has 0 aliphatic rings. The van der Waals surface area contributed by atoms with Crippen LogP contribution in [-0.2, 0) is 5.88 Å². The largest absolute Gasteiger partial charge is 0.497 e. The lowest BCUT2D eigenvalue weighted by atomic mass is 10.2. The van der Waals surface area contributed by atoms with Crippen molar-refractivity contribution in [3.63, 3.8) is 0 Å². The lowest BCUT2D eigenvalue weighted by molar-refractivity contribution is 0.0977. The molecule has 0 unspecified atom stereocenters. The number of carbonyl (C=O) groups excluding carboxylic acids is 2. The molecular formula is C16H13ClN2O5. The quantitative estimate of drug-likeness (QED) is 0.689. The highest BCUT2D eigenvalue weighted by Gasteiger charge is 2.22. The monoisotopic (exact) mass is 348 g/mol. The molecule has 7 nitrogen and oxygen atoms in total. The molecule has 2 heterocycles. The Hall–Kier alpha value is -2.93. The highest BCUT2D eigenvalue weighted by Crippen LogP contribution is 2.33. The number of carbonyl (C=O) groups is 2. The summed E-state index contributed by atoms with van der Waals surface area (Å²) in [5.74, 6) is -0.302. The molecule has 124 valence electrons. The summed E-state index contributed by atoms with van der Waals surface area (Å²) in [5.41, 5.74) is 5.87. The van der Waals surface area contributed by atoms with Crippen molar-refractivity contribution in [1.82, 2.24) is 0 Å². The van der Waals surface area contributed by atoms with Crippen LogP contribution < -0.4 is 15.8 Å². The van der Waals surface area contributed by atoms with Gasteiger partial charge in [-0.05, 0) is 24.3 Å². The molecule has 0 radical (unpaired) electrons. The second kappa shape index (κ2) is 6.29. The summed E-state index contributed by atoms with van der Waals surface area (Å²) < 4.78 is 15.8. The van der Waals surface area contributed by atoms with Gasteiger partial charge in [0.25, 0.3) is 11.8 Å². The highest BCUT2D eigenvalue weighted by molar-refractivity contribution is 6.17. The minimum absolute atomic E-state index is 0.0592. The van der Waals surface area contributed by atoms with Crippen LogP contribution in [0.2, 0.25) is 0 Å². The van der Waals surface area contributed by atoms with Crippen LogP contribution in [0.15, 0.2) is 39.2 Å². The zero-order valence-corrected chi connectivity index (χ0v) is 13.3. The Balaban J connectivity index is 2.02. The van der Waals surface area contributed by atoms with E-state index < -0.39 is 11.8 Å². The number of hydrogen-bond acceptors (Lipinski definition) is 5. The number of ether oxygens (including phenoxy) is 1. The molecule has 0 spiro atoms. The average Bonchev–Trinajstić information content (AvgIpc) is 3.19. The maximum absolute atomic E-state index is 12.3. The molecule has 3 N–H and O–H groups in total. The number of furan rings is 2. The SMILES string of the molecule is COc1ccc2c(NC(=O)c3ccc(CCl)o3)c(C(N)=O)oc2c1. The van der Waals surface area contributed by atoms with Gasteiger partial charge in [0.15, 0.2) is 5.76 Å². The molecule has 0 aliphatic heterocycles. The maximum atomic E-state index is 12.3. The van der Waals surface area contributed by atoms with E-state index in [1.807, 2.05) is 0 Å². The first-order chi connectivity index (χ1) is 11.5. The maximum Gasteiger partial charge on any atom is 0.291 e. The Bertz CT molecular complexity index is 928. The van der Waals surface area contributed by atoms with E-state index in [1.165, 1.54) is 13.2 Å². The van der Waals surface area contributed by atoms with Crippen LogP contribution in [0.3, 0.4) is 0 Å². The first kappa shape index (κ1) is 15.9. The molecule has 0 aliphatic carbocycles. The minimum atomic E-state index is -0.804. The first-order valence-electron chi connectivity index (χ1n) is 6.90. The number of rotatable bonds is 5. The van der Waals surface area contributed by atoms with Crippen molar-refractivity contribution >= 4 is 40.1 Å². The van der Waals surface area contributed by atoms with Crippen LogP contribution in [0.1, 0.15) is 26.9 Å². The fourth-order valence-electron chi connectivity index (χ4n) is 2.25. The molecule has 8 heteroatoms. The molecular weight excluding hydrogens is 336 g/mol. The van der Waals surface area contributed by atoms with Crippen molar-refractivity contribution in [2.75, 3.05) is 12.4 Å². The van der Waals surface area contributed by atoms with Gasteiger partial charge in [-0.1, -0.05) is 0 Å². The summed E-state index contributed by atoms with van der Waals surface area (Å²) in [6.45, 7) is 0. The third-order valence-corrected chi connectivity index (χ3v) is 3.64. The lowest BCUT2D eigenvalue weighted by Gasteiger charge is -2.03. The summed E-state index contributed by atoms with van der Waals surface area (Å²) in [6, 6.07) is 8.01. The number of alkyl halides is 1. The molecule has 0 atom stereocenters. The van der Waals surface area contributed by atoms with E-state index in [-0.39, 0.29) is 23.1 Å². The third-order valence-electron chi connectivity index (χ3n) is 3.38. The molecule has 2 amide bonds. The Morgan fingerprint density at radius 3 is 2.67 bits per heavy atom. The van der Waals surface area contributed by atoms with Gasteiger partial charge in [-0.3, -0.25) is 9.59 Å². The Morgan fingerprint density at radius 2 is 2.04 bits per heavy atom. The number of methoxy groups -OCH3 is 1. The van der Waals surface area contributed by atoms with Crippen LogP contribution in [0, 0.1) is 0 Å². The summed E-state index contributed by atoms with van der Waals surface area (Å²) >= 11 is 5.65. The molecule has 2 aromatic heterocycles. The van der Waals surface area contributed by atoms with E-state index in [0.29, 0.717) is 22.5 Å². The van der Waals surface area contributed by atoms with Gasteiger partial charge in [-0.15, -0.1) is 11.6 Å². The fraction of sp³-hybridized carbons (Fsp3) is 0.125. The van der Waals surface area contributed by atoms with Crippen LogP contribution in [0.4, 0.5) is 5.69 Å². The number of benzene rings is 1. The number of anilines is 1. The van der Waals surface area contributed by atoms with Crippen molar-refractivity contribution in [1.29, 1.82) is 0 Å². The second-order valence-electron chi connectivity index (χ2n) is 4.89. The Kier molecular flexibility index (Phi) is 4.18. The average molecular weight is 349 g/mol. The fourth-order valence-corrected chi connectivity index (χ4v) is 2.39. The van der Waals surface area contributed by atoms with Gasteiger partial charge < -0.3 is 24.6 Å². The zero-order chi connectivity index (χ0) is 17.3. The Morgan fingerprint density at radius 1 is 1.25 bits per heavy atom. The molecule has 0 bridgehead atoms. The molecule has 1 aromatic carbocycles. The number of nitrogens with two attached hydrogens (primary N) is 1. The number of nitrogens with one attached hydrogen (secondary N) is 1. The number of fused-ring (bicyclic) bond motifs is 1. The van der Waals surface area contributed by atoms with Gasteiger partial charge in [0.2, 0.25) is 5.76 Å². The molecule has 24 heavy (non-hydrogen) atoms. The van der Waals surface area contributed by atoms with E-state index >= 15 is 0 Å². The van der Waals surface area contributed by atoms with E-state index in [4.69, 9.17) is 30.9 Å². The number of amides is 2. The minimum Gasteiger partial charge on any atom is -0.497 e. The van der Waals surface area contributed by atoms with Crippen LogP contribution >= 0.6 is 11.6 Å². The van der Waals surface area contributed by atoms with Gasteiger partial charge >= 0.3 is 0 Å². The number of hydrogen-bond donors (Lipinski definition) is 2. The van der Waals surface area contributed by atoms with Gasteiger partial charge in [0.1, 0.15) is 22.8 Å². The van der Waals surface area contributed by atoms with E-state index in [1.54, 1.807) is 24.3 Å². The lowest BCUT2D eigenvalue weighted by Crippen LogP contribution is -2.16. The number of halogens is 1. The molecule has 0 fully saturated rings. The van der Waals surface area contributed by atoms with Crippen molar-refractivity contribution in [3.05, 3.63) is 47.6 Å². The second-order valence-corrected chi connectivity index (χ2v) is 5.15. The van der Waals surface area contributed by atoms with Gasteiger partial charge in [0.05, 0.1) is 13.0 Å². The first-order valence-corrected chi connectivity index (χ1v) is 7.43. The topological polar surface area (TPSA) is 108 Å². The molecule has 0 saturated carbocycles. The standard InChI is InChI=1S/C16H13ClN2O5/c1-22-8-2-4-10-12(6-8)24-14(15(18)20)13(10)19-16(21)11-5-3-9(7-17)23-11/h2-6H,7H2,1H3,(H2,18,20)(H,19,21). The zero-order valence-electron chi connectivity index (χ0n) is 12.6. The van der Waals surface area contributed by atoms with Gasteiger partial charge in [0, 0.05) is 11.5 Å². The van der Waals surface area contributed by atoms with Gasteiger partial charge in [-0.2, -0.15) is 0 Å². The smallest absolute Gasteiger partial charge is 0.291 e. The van der Waals surface area contributed by atoms with E-state index in [0.717, 1.165) is 0 Å². The predicted octanol–water partition coefficient (Wildman–Crippen LogP) is 3.12. The van der Waals surface area contributed by atoms with Gasteiger partial charge in [-0.25, -0.2) is 0 Å². The molecule has 3 rings (SSSR count). The van der Waals surface area contributed by atoms with Crippen molar-refractivity contribution in [2.45, 2.75) is 5.88 Å². The summed E-state index contributed by atoms with van der Waals surface area (Å²) in [6.07, 6.45) is 0. The third kappa shape index (κ3) is 2.81.